The number of aromatic carboxylic acids is 1. The predicted octanol–water partition coefficient (Wildman–Crippen LogP) is 7.95. The Hall–Kier alpha value is -11.2. The van der Waals surface area contributed by atoms with E-state index in [1.807, 2.05) is 71.1 Å². The summed E-state index contributed by atoms with van der Waals surface area (Å²) >= 11 is 2.72. The summed E-state index contributed by atoms with van der Waals surface area (Å²) in [5.74, 6) is 6.05. The zero-order valence-electron chi connectivity index (χ0n) is 84.3. The number of carbonyl (C=O) groups excluding carboxylic acids is 10. The monoisotopic (exact) mass is 2240 g/mol. The van der Waals surface area contributed by atoms with Crippen LogP contribution in [0.3, 0.4) is 0 Å². The van der Waals surface area contributed by atoms with Crippen LogP contribution in [0.2, 0.25) is 0 Å². The summed E-state index contributed by atoms with van der Waals surface area (Å²) in [5.41, 5.74) is 10.7. The van der Waals surface area contributed by atoms with Gasteiger partial charge in [-0.2, -0.15) is 5.48 Å². The molecule has 3 aliphatic carbocycles. The molecule has 12 rings (SSSR count). The van der Waals surface area contributed by atoms with Gasteiger partial charge in [-0.15, -0.1) is 0 Å². The Bertz CT molecular complexity index is 5810. The standard InChI is InChI=1S/C103H127IN10O32S3/c1-14-114(102(130)139-49-58-37-39-59(40-38-58)109-92(121)68(34-27-44-106-99(105)127)110-94(123)80(52(2)3)111-93(122)67(108-57(8)115)33-24-26-43-107-100(128)138-50-65-62-30-20-18-28-60(62)61-29-19-21-31-63(61)65)69-51-137-75(47-73(69)132-9)144-89-84(119)81(113-146-76-46-70(116)91(56(7)140-76)148-96(126)77-53(4)79(104)87(90(135-12)86(77)133-10)145-97-85(120)88(134-11)83(118)55(6)142-97)54(5)141-98(89)143-72-35-17-15-16-25-42-103(131)48-71(117)82(112-101(129)136-13)78(72)66(103)41-45-147-149-74-36-23-22-32-64(74)95(124)125/h15-16,18-23,28-32,36-41,52,54-56,65,67-70,72-73,75-76,80-81,83-85,88-89,91,97-98,113,116,118-120,131H,14,24,26-27,33-34,43-51H2,1-13H3,(H,107,128)(H,108,115)(H,109,121)(H,110,123)(H,111,122)(H,112,129)(H,124,125)(H3,105,106,127)/b16-15-,66-41+/t54-,55+,56-,67-,68-,69+,70+,72+,73+,75+,76+,80-,81-,83+,84+,85-,88-,89-,91-,97+,98+,103+/m1/s1. The zero-order valence-corrected chi connectivity index (χ0v) is 88.9. The molecule has 806 valence electrons. The first kappa shape index (κ1) is 116. The third-order valence-electron chi connectivity index (χ3n) is 26.1. The van der Waals surface area contributed by atoms with Gasteiger partial charge in [0.15, 0.2) is 41.8 Å². The lowest BCUT2D eigenvalue weighted by Crippen LogP contribution is -2.65. The molecular formula is C103H127IN10O32S3. The summed E-state index contributed by atoms with van der Waals surface area (Å²) in [6.45, 7) is 12.5. The molecule has 46 heteroatoms. The number of urea groups is 1. The summed E-state index contributed by atoms with van der Waals surface area (Å²) in [7, 11) is 8.71. The minimum atomic E-state index is -2.31. The molecule has 4 heterocycles. The number of allylic oxidation sites excluding steroid dienone is 3. The van der Waals surface area contributed by atoms with E-state index in [0.29, 0.717) is 32.4 Å². The second-order valence-electron chi connectivity index (χ2n) is 36.4. The SMILES string of the molecule is CCN(C(=O)OCc1ccc(NC(=O)[C@@H](CCCNC(N)=O)NC(=O)[C@H](NC(=O)[C@@H](CCCCNC(=O)OCC2c3ccccc3-c3ccccc32)NC(C)=O)C(C)C)cc1)[C@H]1CO[C@@H](O[C@H]2[C@H](O[C@H]3C#C/C=C\C#C[C@]4(O)CC(=O)C(NC(=O)OC)=C3/C4=C\CSSc3ccccc3C(=O)O)O[C@H](C)[C@@H](NO[C@H]3C[C@H](O)[C@H](SC(=O)c4c(C)c(I)c(O[C@@H]5O[C@@H](C)[C@H](O)[C@@H](OC)[C@H]5O)c(OC)c4OC)[C@@H](C)O3)[C@@H]2O)C[C@@H]1OC. The average Bonchev–Trinajstić information content (AvgIpc) is 1.67. The van der Waals surface area contributed by atoms with E-state index in [1.165, 1.54) is 64.6 Å². The van der Waals surface area contributed by atoms with Crippen LogP contribution in [-0.4, -0.2) is 308 Å². The Morgan fingerprint density at radius 3 is 2.03 bits per heavy atom. The van der Waals surface area contributed by atoms with Gasteiger partial charge in [-0.25, -0.2) is 24.0 Å². The molecule has 7 aliphatic rings. The summed E-state index contributed by atoms with van der Waals surface area (Å²) in [4.78, 5) is 157. The van der Waals surface area contributed by atoms with Gasteiger partial charge in [0, 0.05) is 87.0 Å². The van der Waals surface area contributed by atoms with Crippen LogP contribution in [0.1, 0.15) is 149 Å². The number of Topliss-reactive ketones (excluding diaryl/α,β-unsaturated/α-hetero) is 1. The average molecular weight is 2240 g/mol. The number of nitrogens with zero attached hydrogens (tertiary/aromatic N) is 1. The Morgan fingerprint density at radius 1 is 0.698 bits per heavy atom. The number of hydroxylamine groups is 1. The van der Waals surface area contributed by atoms with Crippen LogP contribution in [-0.2, 0) is 87.5 Å². The first-order valence-corrected chi connectivity index (χ1v) is 52.7. The van der Waals surface area contributed by atoms with Gasteiger partial charge in [-0.05, 0) is 165 Å². The van der Waals surface area contributed by atoms with E-state index >= 15 is 0 Å². The van der Waals surface area contributed by atoms with E-state index in [0.717, 1.165) is 62.7 Å². The number of unbranched alkanes of at least 4 members (excludes halogenated alkanes) is 1. The van der Waals surface area contributed by atoms with Crippen molar-refractivity contribution in [2.75, 3.05) is 79.5 Å². The summed E-state index contributed by atoms with van der Waals surface area (Å²) < 4.78 is 85.5. The fourth-order valence-corrected chi connectivity index (χ4v) is 22.2. The van der Waals surface area contributed by atoms with Gasteiger partial charge in [0.1, 0.15) is 68.0 Å². The molecule has 0 radical (unpaired) electrons. The second-order valence-corrected chi connectivity index (χ2v) is 41.0. The molecule has 0 aromatic heterocycles. The quantitative estimate of drug-likeness (QED) is 0.00439. The number of carboxylic acid groups (broad SMARTS) is 1. The number of primary amides is 1. The van der Waals surface area contributed by atoms with Crippen LogP contribution in [0.5, 0.6) is 17.2 Å². The van der Waals surface area contributed by atoms with E-state index in [-0.39, 0.29) is 128 Å². The molecule has 42 nitrogen and oxygen atoms in total. The highest BCUT2D eigenvalue weighted by atomic mass is 127. The number of alkyl carbamates (subject to hydrolysis) is 2. The Balaban J connectivity index is 0.713. The van der Waals surface area contributed by atoms with Crippen LogP contribution in [0, 0.1) is 40.1 Å². The third kappa shape index (κ3) is 29.4. The first-order valence-electron chi connectivity index (χ1n) is 48.4. The lowest BCUT2D eigenvalue weighted by Gasteiger charge is -2.47. The number of aliphatic hydroxyl groups is 5. The van der Waals surface area contributed by atoms with Gasteiger partial charge in [-0.3, -0.25) is 38.9 Å². The number of anilines is 1. The Kier molecular flexibility index (Phi) is 42.7. The molecule has 5 aromatic carbocycles. The molecule has 0 unspecified atom stereocenters. The molecule has 22 atom stereocenters. The number of ether oxygens (including phenoxy) is 14. The number of nitrogens with one attached hydrogen (secondary N) is 8. The zero-order chi connectivity index (χ0) is 108. The molecule has 16 N–H and O–H groups in total. The summed E-state index contributed by atoms with van der Waals surface area (Å²) in [5, 5.41) is 87.0. The van der Waals surface area contributed by atoms with E-state index in [4.69, 9.17) is 76.9 Å². The highest BCUT2D eigenvalue weighted by Gasteiger charge is 2.54. The maximum atomic E-state index is 14.7. The molecule has 4 saturated heterocycles. The van der Waals surface area contributed by atoms with E-state index < -0.39 is 216 Å². The fraction of sp³-hybridized carbons (Fsp3) is 0.505. The topological polar surface area (TPSA) is 573 Å². The van der Waals surface area contributed by atoms with Crippen molar-refractivity contribution in [2.45, 2.75) is 258 Å². The van der Waals surface area contributed by atoms with Crippen LogP contribution in [0.4, 0.5) is 24.9 Å². The van der Waals surface area contributed by atoms with Crippen molar-refractivity contribution in [3.05, 3.63) is 169 Å². The van der Waals surface area contributed by atoms with Crippen LogP contribution in [0.15, 0.2) is 137 Å². The number of carbonyl (C=O) groups is 11. The number of aliphatic hydroxyl groups excluding tert-OH is 4. The number of ketones is 1. The normalized spacial score (nSPS) is 26.0. The largest absolute Gasteiger partial charge is 0.492 e. The smallest absolute Gasteiger partial charge is 0.411 e. The number of hydrogen-bond acceptors (Lipinski definition) is 35. The van der Waals surface area contributed by atoms with Gasteiger partial charge in [0.25, 0.3) is 0 Å². The Morgan fingerprint density at radius 2 is 1.37 bits per heavy atom. The number of likely N-dealkylation sites (N-methyl/N-ethyl adjacent to an activating group) is 1. The molecule has 0 saturated carbocycles. The molecule has 2 bridgehead atoms. The van der Waals surface area contributed by atoms with Crippen LogP contribution in [0.25, 0.3) is 11.1 Å². The molecule has 4 aliphatic heterocycles. The highest BCUT2D eigenvalue weighted by Crippen LogP contribution is 2.51. The van der Waals surface area contributed by atoms with Crippen molar-refractivity contribution in [3.8, 4) is 52.1 Å². The number of fused-ring (bicyclic) bond motifs is 5. The van der Waals surface area contributed by atoms with Crippen molar-refractivity contribution >= 4 is 126 Å². The van der Waals surface area contributed by atoms with Crippen molar-refractivity contribution in [1.82, 2.24) is 42.3 Å². The van der Waals surface area contributed by atoms with Gasteiger partial charge in [0.2, 0.25) is 40.8 Å². The summed E-state index contributed by atoms with van der Waals surface area (Å²) in [6.07, 6.45) is -18.3. The number of benzene rings is 5. The molecule has 4 fully saturated rings. The number of rotatable bonds is 44. The number of methoxy groups -OCH3 is 5. The third-order valence-corrected chi connectivity index (χ3v) is 31.0. The lowest BCUT2D eigenvalue weighted by molar-refractivity contribution is -0.337. The maximum Gasteiger partial charge on any atom is 0.411 e. The number of halogens is 1. The van der Waals surface area contributed by atoms with E-state index in [9.17, 15) is 83.4 Å². The molecule has 0 spiro atoms. The van der Waals surface area contributed by atoms with E-state index in [2.05, 4.69) is 66.4 Å². The number of thioether (sulfide) groups is 1. The van der Waals surface area contributed by atoms with Gasteiger partial charge >= 0.3 is 30.3 Å². The van der Waals surface area contributed by atoms with Gasteiger partial charge in [0.05, 0.1) is 103 Å². The molecule has 9 amide bonds. The molecule has 5 aromatic rings. The number of carboxylic acids is 1. The number of nitrogens with two attached hydrogens (primary N) is 1. The van der Waals surface area contributed by atoms with Crippen molar-refractivity contribution in [2.24, 2.45) is 11.7 Å². The number of hydrogen-bond donors (Lipinski definition) is 15. The summed E-state index contributed by atoms with van der Waals surface area (Å²) in [6, 6.07) is 22.0. The van der Waals surface area contributed by atoms with Crippen LogP contribution >= 0.6 is 55.9 Å². The lowest BCUT2D eigenvalue weighted by atomic mass is 9.75. The first-order chi connectivity index (χ1) is 71.3. The maximum absolute atomic E-state index is 14.7. The van der Waals surface area contributed by atoms with Gasteiger partial charge < -0.3 is 139 Å². The number of amides is 9. The molecular weight excluding hydrogens is 2110 g/mol. The molecule has 149 heavy (non-hydrogen) atoms. The van der Waals surface area contributed by atoms with Crippen LogP contribution < -0.4 is 62.6 Å². The minimum Gasteiger partial charge on any atom is -0.492 e. The van der Waals surface area contributed by atoms with Crippen molar-refractivity contribution in [1.29, 1.82) is 0 Å². The van der Waals surface area contributed by atoms with Crippen molar-refractivity contribution in [3.63, 3.8) is 0 Å². The van der Waals surface area contributed by atoms with E-state index in [1.54, 1.807) is 90.9 Å². The fourth-order valence-electron chi connectivity index (χ4n) is 18.4. The van der Waals surface area contributed by atoms with Crippen molar-refractivity contribution < 1.29 is 155 Å². The highest BCUT2D eigenvalue weighted by molar-refractivity contribution is 14.1. The van der Waals surface area contributed by atoms with Gasteiger partial charge in [-0.1, -0.05) is 150 Å². The minimum absolute atomic E-state index is 0.00391. The Labute approximate surface area is 887 Å². The predicted molar refractivity (Wildman–Crippen MR) is 552 cm³/mol. The second kappa shape index (κ2) is 54.7.